The van der Waals surface area contributed by atoms with Crippen molar-refractivity contribution >= 4 is 17.6 Å². The summed E-state index contributed by atoms with van der Waals surface area (Å²) >= 11 is 5.85. The molecule has 0 aromatic heterocycles. The van der Waals surface area contributed by atoms with Crippen molar-refractivity contribution in [1.29, 1.82) is 0 Å². The standard InChI is InChI=1S/C14H20ClNO2/c1-10(2)16-13(9-14(17)18-3)8-11-4-6-12(15)7-5-11/h4-7,10,13,16H,8-9H2,1-3H3. The van der Waals surface area contributed by atoms with E-state index in [2.05, 4.69) is 19.2 Å². The Labute approximate surface area is 113 Å². The number of methoxy groups -OCH3 is 1. The SMILES string of the molecule is COC(=O)CC(Cc1ccc(Cl)cc1)NC(C)C. The second kappa shape index (κ2) is 7.39. The lowest BCUT2D eigenvalue weighted by atomic mass is 10.0. The lowest BCUT2D eigenvalue weighted by molar-refractivity contribution is -0.141. The molecule has 0 aliphatic carbocycles. The molecule has 0 aliphatic rings. The van der Waals surface area contributed by atoms with Crippen LogP contribution in [0.3, 0.4) is 0 Å². The van der Waals surface area contributed by atoms with Crippen LogP contribution < -0.4 is 5.32 Å². The minimum Gasteiger partial charge on any atom is -0.469 e. The molecule has 1 N–H and O–H groups in total. The number of hydrogen-bond acceptors (Lipinski definition) is 3. The Morgan fingerprint density at radius 1 is 1.33 bits per heavy atom. The highest BCUT2D eigenvalue weighted by Gasteiger charge is 2.15. The van der Waals surface area contributed by atoms with Gasteiger partial charge in [-0.3, -0.25) is 4.79 Å². The molecule has 0 saturated heterocycles. The maximum absolute atomic E-state index is 11.4. The average molecular weight is 270 g/mol. The summed E-state index contributed by atoms with van der Waals surface area (Å²) in [6, 6.07) is 8.09. The third kappa shape index (κ3) is 5.52. The zero-order chi connectivity index (χ0) is 13.5. The predicted molar refractivity (Wildman–Crippen MR) is 73.8 cm³/mol. The summed E-state index contributed by atoms with van der Waals surface area (Å²) in [5.41, 5.74) is 1.15. The van der Waals surface area contributed by atoms with Crippen LogP contribution in [0.25, 0.3) is 0 Å². The Bertz CT molecular complexity index is 376. The van der Waals surface area contributed by atoms with Gasteiger partial charge in [-0.15, -0.1) is 0 Å². The summed E-state index contributed by atoms with van der Waals surface area (Å²) in [7, 11) is 1.41. The summed E-state index contributed by atoms with van der Waals surface area (Å²) in [5, 5.41) is 4.10. The Morgan fingerprint density at radius 3 is 2.44 bits per heavy atom. The predicted octanol–water partition coefficient (Wildman–Crippen LogP) is 2.81. The minimum absolute atomic E-state index is 0.0821. The number of carbonyl (C=O) groups is 1. The number of halogens is 1. The zero-order valence-electron chi connectivity index (χ0n) is 11.1. The van der Waals surface area contributed by atoms with E-state index in [1.807, 2.05) is 24.3 Å². The fourth-order valence-corrected chi connectivity index (χ4v) is 1.98. The Kier molecular flexibility index (Phi) is 6.16. The van der Waals surface area contributed by atoms with Gasteiger partial charge in [0.15, 0.2) is 0 Å². The first-order valence-corrected chi connectivity index (χ1v) is 6.46. The molecule has 1 aromatic rings. The molecule has 100 valence electrons. The van der Waals surface area contributed by atoms with Crippen molar-refractivity contribution in [1.82, 2.24) is 5.32 Å². The second-order valence-electron chi connectivity index (χ2n) is 4.63. The van der Waals surface area contributed by atoms with Gasteiger partial charge in [0.2, 0.25) is 0 Å². The topological polar surface area (TPSA) is 38.3 Å². The first-order chi connectivity index (χ1) is 8.51. The van der Waals surface area contributed by atoms with Gasteiger partial charge in [0, 0.05) is 17.1 Å². The van der Waals surface area contributed by atoms with Gasteiger partial charge in [-0.2, -0.15) is 0 Å². The van der Waals surface area contributed by atoms with Crippen molar-refractivity contribution in [2.75, 3.05) is 7.11 Å². The van der Waals surface area contributed by atoms with Gasteiger partial charge in [0.1, 0.15) is 0 Å². The van der Waals surface area contributed by atoms with E-state index in [4.69, 9.17) is 16.3 Å². The molecule has 1 atom stereocenters. The molecule has 1 aromatic carbocycles. The van der Waals surface area contributed by atoms with Crippen LogP contribution >= 0.6 is 11.6 Å². The molecule has 0 radical (unpaired) electrons. The van der Waals surface area contributed by atoms with E-state index >= 15 is 0 Å². The van der Waals surface area contributed by atoms with Crippen LogP contribution in [-0.4, -0.2) is 25.2 Å². The van der Waals surface area contributed by atoms with E-state index in [1.54, 1.807) is 0 Å². The van der Waals surface area contributed by atoms with Crippen LogP contribution in [-0.2, 0) is 16.0 Å². The van der Waals surface area contributed by atoms with Crippen molar-refractivity contribution in [2.45, 2.75) is 38.8 Å². The molecule has 4 heteroatoms. The Balaban J connectivity index is 2.65. The van der Waals surface area contributed by atoms with Gasteiger partial charge in [-0.1, -0.05) is 37.6 Å². The summed E-state index contributed by atoms with van der Waals surface area (Å²) in [6.07, 6.45) is 1.15. The highest BCUT2D eigenvalue weighted by molar-refractivity contribution is 6.30. The van der Waals surface area contributed by atoms with E-state index in [9.17, 15) is 4.79 Å². The molecular formula is C14H20ClNO2. The molecule has 0 spiro atoms. The van der Waals surface area contributed by atoms with Gasteiger partial charge in [0.25, 0.3) is 0 Å². The molecule has 1 rings (SSSR count). The van der Waals surface area contributed by atoms with Crippen molar-refractivity contribution in [3.05, 3.63) is 34.9 Å². The maximum atomic E-state index is 11.4. The first-order valence-electron chi connectivity index (χ1n) is 6.08. The van der Waals surface area contributed by atoms with Gasteiger partial charge in [-0.05, 0) is 24.1 Å². The Morgan fingerprint density at radius 2 is 1.94 bits per heavy atom. The molecule has 18 heavy (non-hydrogen) atoms. The van der Waals surface area contributed by atoms with E-state index in [1.165, 1.54) is 7.11 Å². The highest BCUT2D eigenvalue weighted by Crippen LogP contribution is 2.12. The van der Waals surface area contributed by atoms with Gasteiger partial charge in [0.05, 0.1) is 13.5 Å². The largest absolute Gasteiger partial charge is 0.469 e. The quantitative estimate of drug-likeness (QED) is 0.807. The summed E-state index contributed by atoms with van der Waals surface area (Å²) < 4.78 is 4.72. The van der Waals surface area contributed by atoms with Crippen molar-refractivity contribution in [2.24, 2.45) is 0 Å². The zero-order valence-corrected chi connectivity index (χ0v) is 11.8. The molecule has 3 nitrogen and oxygen atoms in total. The van der Waals surface area contributed by atoms with E-state index in [0.717, 1.165) is 17.0 Å². The molecule has 0 saturated carbocycles. The lowest BCUT2D eigenvalue weighted by Gasteiger charge is -2.20. The Hall–Kier alpha value is -1.06. The molecule has 0 heterocycles. The van der Waals surface area contributed by atoms with E-state index in [-0.39, 0.29) is 12.0 Å². The third-order valence-electron chi connectivity index (χ3n) is 2.61. The number of benzene rings is 1. The molecule has 0 fully saturated rings. The maximum Gasteiger partial charge on any atom is 0.307 e. The van der Waals surface area contributed by atoms with Crippen LogP contribution in [0.4, 0.5) is 0 Å². The fraction of sp³-hybridized carbons (Fsp3) is 0.500. The third-order valence-corrected chi connectivity index (χ3v) is 2.86. The molecule has 0 aliphatic heterocycles. The summed E-state index contributed by atoms with van der Waals surface area (Å²) in [4.78, 5) is 11.4. The fourth-order valence-electron chi connectivity index (χ4n) is 1.85. The first kappa shape index (κ1) is 15.0. The monoisotopic (exact) mass is 269 g/mol. The number of esters is 1. The van der Waals surface area contributed by atoms with Gasteiger partial charge in [-0.25, -0.2) is 0 Å². The van der Waals surface area contributed by atoms with Crippen LogP contribution in [0.5, 0.6) is 0 Å². The van der Waals surface area contributed by atoms with Crippen LogP contribution in [0, 0.1) is 0 Å². The van der Waals surface area contributed by atoms with Crippen LogP contribution in [0.15, 0.2) is 24.3 Å². The molecule has 1 unspecified atom stereocenters. The number of rotatable bonds is 6. The van der Waals surface area contributed by atoms with Gasteiger partial charge < -0.3 is 10.1 Å². The smallest absolute Gasteiger partial charge is 0.307 e. The summed E-state index contributed by atoms with van der Waals surface area (Å²) in [6.45, 7) is 4.12. The molecule has 0 amide bonds. The van der Waals surface area contributed by atoms with E-state index in [0.29, 0.717) is 12.5 Å². The minimum atomic E-state index is -0.192. The normalized spacial score (nSPS) is 12.5. The number of nitrogens with one attached hydrogen (secondary N) is 1. The molecular weight excluding hydrogens is 250 g/mol. The van der Waals surface area contributed by atoms with Gasteiger partial charge >= 0.3 is 5.97 Å². The highest BCUT2D eigenvalue weighted by atomic mass is 35.5. The molecule has 0 bridgehead atoms. The van der Waals surface area contributed by atoms with E-state index < -0.39 is 0 Å². The van der Waals surface area contributed by atoms with Crippen molar-refractivity contribution in [3.63, 3.8) is 0 Å². The van der Waals surface area contributed by atoms with Crippen molar-refractivity contribution in [3.8, 4) is 0 Å². The summed E-state index contributed by atoms with van der Waals surface area (Å²) in [5.74, 6) is -0.192. The second-order valence-corrected chi connectivity index (χ2v) is 5.07. The number of ether oxygens (including phenoxy) is 1. The van der Waals surface area contributed by atoms with Crippen LogP contribution in [0.2, 0.25) is 5.02 Å². The number of hydrogen-bond donors (Lipinski definition) is 1. The lowest BCUT2D eigenvalue weighted by Crippen LogP contribution is -2.38. The number of carbonyl (C=O) groups excluding carboxylic acids is 1. The average Bonchev–Trinajstić information content (AvgIpc) is 2.31. The van der Waals surface area contributed by atoms with Crippen LogP contribution in [0.1, 0.15) is 25.8 Å². The van der Waals surface area contributed by atoms with Crippen molar-refractivity contribution < 1.29 is 9.53 Å².